The summed E-state index contributed by atoms with van der Waals surface area (Å²) in [5.74, 6) is 0.906. The van der Waals surface area contributed by atoms with Crippen molar-refractivity contribution in [2.24, 2.45) is 0 Å². The lowest BCUT2D eigenvalue weighted by atomic mass is 10.0. The number of amides is 1. The summed E-state index contributed by atoms with van der Waals surface area (Å²) in [5.41, 5.74) is -0.0257. The van der Waals surface area contributed by atoms with Gasteiger partial charge in [-0.2, -0.15) is 13.2 Å². The Labute approximate surface area is 154 Å². The summed E-state index contributed by atoms with van der Waals surface area (Å²) in [7, 11) is 0. The number of carbonyl (C=O) groups is 1. The Hall–Kier alpha value is -2.96. The molecule has 0 saturated carbocycles. The van der Waals surface area contributed by atoms with Crippen molar-refractivity contribution >= 4 is 5.91 Å². The number of furan rings is 2. The summed E-state index contributed by atoms with van der Waals surface area (Å²) in [6.45, 7) is 0.298. The van der Waals surface area contributed by atoms with Crippen LogP contribution in [0.2, 0.25) is 0 Å². The number of hydrogen-bond donors (Lipinski definition) is 1. The largest absolute Gasteiger partial charge is 0.469 e. The summed E-state index contributed by atoms with van der Waals surface area (Å²) < 4.78 is 48.5. The molecule has 2 aromatic heterocycles. The van der Waals surface area contributed by atoms with E-state index in [1.807, 2.05) is 12.1 Å². The Bertz CT molecular complexity index is 803. The molecular formula is C20H18F3NO3. The average Bonchev–Trinajstić information content (AvgIpc) is 3.34. The van der Waals surface area contributed by atoms with Gasteiger partial charge in [-0.3, -0.25) is 4.79 Å². The van der Waals surface area contributed by atoms with Gasteiger partial charge >= 0.3 is 6.18 Å². The zero-order chi connectivity index (χ0) is 19.3. The number of carbonyl (C=O) groups excluding carboxylic acids is 1. The van der Waals surface area contributed by atoms with Crippen molar-refractivity contribution in [3.63, 3.8) is 0 Å². The molecule has 0 bridgehead atoms. The van der Waals surface area contributed by atoms with Crippen LogP contribution in [0.1, 0.15) is 35.0 Å². The molecule has 0 saturated heterocycles. The maximum atomic E-state index is 12.6. The summed E-state index contributed by atoms with van der Waals surface area (Å²) in [5, 5.41) is 2.83. The van der Waals surface area contributed by atoms with Crippen LogP contribution in [0.25, 0.3) is 0 Å². The monoisotopic (exact) mass is 377 g/mol. The van der Waals surface area contributed by atoms with Gasteiger partial charge in [0.15, 0.2) is 0 Å². The van der Waals surface area contributed by atoms with E-state index >= 15 is 0 Å². The van der Waals surface area contributed by atoms with Gasteiger partial charge in [-0.15, -0.1) is 0 Å². The van der Waals surface area contributed by atoms with Gasteiger partial charge in [0.2, 0.25) is 5.91 Å². The summed E-state index contributed by atoms with van der Waals surface area (Å²) >= 11 is 0. The highest BCUT2D eigenvalue weighted by atomic mass is 19.4. The number of aryl methyl sites for hydroxylation is 1. The molecular weight excluding hydrogens is 359 g/mol. The second-order valence-corrected chi connectivity index (χ2v) is 6.08. The third-order valence-corrected chi connectivity index (χ3v) is 4.20. The van der Waals surface area contributed by atoms with Crippen molar-refractivity contribution in [3.05, 3.63) is 83.7 Å². The number of rotatable bonds is 7. The van der Waals surface area contributed by atoms with Gasteiger partial charge in [0.25, 0.3) is 0 Å². The van der Waals surface area contributed by atoms with E-state index in [1.165, 1.54) is 12.1 Å². The third-order valence-electron chi connectivity index (χ3n) is 4.20. The molecule has 27 heavy (non-hydrogen) atoms. The van der Waals surface area contributed by atoms with Crippen molar-refractivity contribution in [3.8, 4) is 0 Å². The topological polar surface area (TPSA) is 55.4 Å². The molecule has 0 aliphatic heterocycles. The predicted octanol–water partition coefficient (Wildman–Crippen LogP) is 4.77. The first-order valence-corrected chi connectivity index (χ1v) is 8.43. The van der Waals surface area contributed by atoms with E-state index in [4.69, 9.17) is 8.83 Å². The van der Waals surface area contributed by atoms with Gasteiger partial charge in [-0.1, -0.05) is 12.1 Å². The highest BCUT2D eigenvalue weighted by Gasteiger charge is 2.29. The van der Waals surface area contributed by atoms with Crippen LogP contribution in [0.4, 0.5) is 13.2 Å². The third kappa shape index (κ3) is 5.03. The van der Waals surface area contributed by atoms with Gasteiger partial charge < -0.3 is 14.2 Å². The number of halogens is 3. The molecule has 7 heteroatoms. The first-order valence-electron chi connectivity index (χ1n) is 8.43. The normalized spacial score (nSPS) is 11.7. The van der Waals surface area contributed by atoms with Gasteiger partial charge in [0.05, 0.1) is 24.0 Å². The molecule has 142 valence electrons. The number of benzene rings is 1. The van der Waals surface area contributed by atoms with Crippen LogP contribution in [0, 0.1) is 0 Å². The molecule has 3 rings (SSSR count). The number of hydrogen-bond acceptors (Lipinski definition) is 3. The molecule has 2 heterocycles. The molecule has 0 aliphatic rings. The lowest BCUT2D eigenvalue weighted by Crippen LogP contribution is -2.28. The molecule has 0 aliphatic carbocycles. The fraction of sp³-hybridized carbons (Fsp3) is 0.250. The van der Waals surface area contributed by atoms with E-state index in [-0.39, 0.29) is 18.2 Å². The van der Waals surface area contributed by atoms with Gasteiger partial charge in [0, 0.05) is 13.0 Å². The number of nitrogens with one attached hydrogen (secondary N) is 1. The molecule has 0 unspecified atom stereocenters. The average molecular weight is 377 g/mol. The standard InChI is InChI=1S/C20H18F3NO3/c21-20(22,23)15-8-5-14(6-9-15)7-10-19(25)24-13-16(17-3-1-11-26-17)18-4-2-12-27-18/h1-6,8-9,11-12,16H,7,10,13H2,(H,24,25). The van der Waals surface area contributed by atoms with Crippen LogP contribution in [0.3, 0.4) is 0 Å². The van der Waals surface area contributed by atoms with E-state index in [2.05, 4.69) is 5.32 Å². The molecule has 0 spiro atoms. The van der Waals surface area contributed by atoms with E-state index in [0.717, 1.165) is 12.1 Å². The first kappa shape index (κ1) is 18.8. The van der Waals surface area contributed by atoms with E-state index < -0.39 is 11.7 Å². The molecule has 0 fully saturated rings. The van der Waals surface area contributed by atoms with Crippen LogP contribution in [0.15, 0.2) is 69.9 Å². The zero-order valence-electron chi connectivity index (χ0n) is 14.3. The zero-order valence-corrected chi connectivity index (χ0v) is 14.3. The van der Waals surface area contributed by atoms with Crippen LogP contribution in [-0.4, -0.2) is 12.5 Å². The van der Waals surface area contributed by atoms with Crippen molar-refractivity contribution < 1.29 is 26.8 Å². The summed E-state index contributed by atoms with van der Waals surface area (Å²) in [6.07, 6.45) is -0.720. The molecule has 4 nitrogen and oxygen atoms in total. The first-order chi connectivity index (χ1) is 12.9. The van der Waals surface area contributed by atoms with Crippen molar-refractivity contribution in [1.29, 1.82) is 0 Å². The van der Waals surface area contributed by atoms with Crippen LogP contribution in [-0.2, 0) is 17.4 Å². The Morgan fingerprint density at radius 3 is 2.04 bits per heavy atom. The highest BCUT2D eigenvalue weighted by Crippen LogP contribution is 2.29. The Balaban J connectivity index is 1.53. The molecule has 1 amide bonds. The molecule has 1 N–H and O–H groups in total. The maximum absolute atomic E-state index is 12.6. The summed E-state index contributed by atoms with van der Waals surface area (Å²) in [6, 6.07) is 12.0. The maximum Gasteiger partial charge on any atom is 0.416 e. The van der Waals surface area contributed by atoms with Crippen LogP contribution in [0.5, 0.6) is 0 Å². The second kappa shape index (κ2) is 8.16. The number of alkyl halides is 3. The van der Waals surface area contributed by atoms with E-state index in [1.54, 1.807) is 24.7 Å². The minimum absolute atomic E-state index is 0.175. The van der Waals surface area contributed by atoms with E-state index in [9.17, 15) is 18.0 Å². The van der Waals surface area contributed by atoms with Crippen LogP contribution < -0.4 is 5.32 Å². The Morgan fingerprint density at radius 1 is 0.963 bits per heavy atom. The highest BCUT2D eigenvalue weighted by molar-refractivity contribution is 5.76. The lowest BCUT2D eigenvalue weighted by molar-refractivity contribution is -0.137. The molecule has 0 atom stereocenters. The minimum atomic E-state index is -4.36. The van der Waals surface area contributed by atoms with Crippen molar-refractivity contribution in [2.45, 2.75) is 24.9 Å². The second-order valence-electron chi connectivity index (χ2n) is 6.08. The Kier molecular flexibility index (Phi) is 5.69. The van der Waals surface area contributed by atoms with Gasteiger partial charge in [0.1, 0.15) is 11.5 Å². The SMILES string of the molecule is O=C(CCc1ccc(C(F)(F)F)cc1)NCC(c1ccco1)c1ccco1. The minimum Gasteiger partial charge on any atom is -0.469 e. The quantitative estimate of drug-likeness (QED) is 0.645. The summed E-state index contributed by atoms with van der Waals surface area (Å²) in [4.78, 5) is 12.1. The van der Waals surface area contributed by atoms with Crippen molar-refractivity contribution in [1.82, 2.24) is 5.32 Å². The van der Waals surface area contributed by atoms with Crippen LogP contribution >= 0.6 is 0 Å². The Morgan fingerprint density at radius 2 is 1.56 bits per heavy atom. The van der Waals surface area contributed by atoms with Gasteiger partial charge in [-0.25, -0.2) is 0 Å². The van der Waals surface area contributed by atoms with Crippen molar-refractivity contribution in [2.75, 3.05) is 6.54 Å². The predicted molar refractivity (Wildman–Crippen MR) is 92.0 cm³/mol. The smallest absolute Gasteiger partial charge is 0.416 e. The van der Waals surface area contributed by atoms with E-state index in [0.29, 0.717) is 30.0 Å². The van der Waals surface area contributed by atoms with Gasteiger partial charge in [-0.05, 0) is 48.4 Å². The fourth-order valence-electron chi connectivity index (χ4n) is 2.74. The molecule has 1 aromatic carbocycles. The molecule has 3 aromatic rings. The fourth-order valence-corrected chi connectivity index (χ4v) is 2.74. The lowest BCUT2D eigenvalue weighted by Gasteiger charge is -2.13. The molecule has 0 radical (unpaired) electrons.